The van der Waals surface area contributed by atoms with Crippen LogP contribution in [-0.2, 0) is 10.0 Å². The van der Waals surface area contributed by atoms with E-state index >= 15 is 0 Å². The van der Waals surface area contributed by atoms with Crippen molar-refractivity contribution in [3.8, 4) is 0 Å². The van der Waals surface area contributed by atoms with E-state index in [0.717, 1.165) is 31.7 Å². The fourth-order valence-corrected chi connectivity index (χ4v) is 5.09. The molecule has 1 aromatic heterocycles. The van der Waals surface area contributed by atoms with Gasteiger partial charge in [0.2, 0.25) is 0 Å². The number of halogens is 1. The molecule has 1 atom stereocenters. The molecule has 0 bridgehead atoms. The highest BCUT2D eigenvalue weighted by Gasteiger charge is 2.26. The lowest BCUT2D eigenvalue weighted by molar-refractivity contribution is 0.0933. The summed E-state index contributed by atoms with van der Waals surface area (Å²) in [5.74, 6) is 0.544. The third kappa shape index (κ3) is 5.15. The number of anilines is 1. The molecule has 0 spiro atoms. The topological polar surface area (TPSA) is 91.7 Å². The monoisotopic (exact) mass is 473 g/mol. The number of benzene rings is 2. The van der Waals surface area contributed by atoms with Gasteiger partial charge in [-0.3, -0.25) is 14.4 Å². The first-order valence-electron chi connectivity index (χ1n) is 10.4. The number of furan rings is 1. The van der Waals surface area contributed by atoms with Gasteiger partial charge in [-0.1, -0.05) is 23.7 Å². The Morgan fingerprint density at radius 1 is 1.03 bits per heavy atom. The van der Waals surface area contributed by atoms with E-state index < -0.39 is 10.0 Å². The average molecular weight is 474 g/mol. The number of hydrogen-bond donors (Lipinski definition) is 2. The molecule has 1 aliphatic rings. The molecule has 0 aliphatic carbocycles. The van der Waals surface area contributed by atoms with Crippen LogP contribution in [0.15, 0.2) is 76.2 Å². The van der Waals surface area contributed by atoms with Gasteiger partial charge in [0.25, 0.3) is 15.9 Å². The highest BCUT2D eigenvalue weighted by Crippen LogP contribution is 2.26. The molecule has 0 saturated carbocycles. The Bertz CT molecular complexity index is 1160. The molecule has 1 fully saturated rings. The molecular formula is C23H24ClN3O4S. The number of rotatable bonds is 8. The summed E-state index contributed by atoms with van der Waals surface area (Å²) in [4.78, 5) is 15.0. The van der Waals surface area contributed by atoms with Crippen molar-refractivity contribution >= 4 is 33.2 Å². The third-order valence-corrected chi connectivity index (χ3v) is 7.16. The van der Waals surface area contributed by atoms with Gasteiger partial charge in [-0.2, -0.15) is 0 Å². The summed E-state index contributed by atoms with van der Waals surface area (Å²) in [6.45, 7) is 2.33. The second kappa shape index (κ2) is 9.77. The smallest absolute Gasteiger partial charge is 0.261 e. The lowest BCUT2D eigenvalue weighted by atomic mass is 10.1. The van der Waals surface area contributed by atoms with Crippen LogP contribution >= 0.6 is 11.6 Å². The number of nitrogens with one attached hydrogen (secondary N) is 2. The maximum absolute atomic E-state index is 12.7. The van der Waals surface area contributed by atoms with Gasteiger partial charge in [-0.05, 0) is 74.5 Å². The van der Waals surface area contributed by atoms with Gasteiger partial charge in [-0.15, -0.1) is 0 Å². The van der Waals surface area contributed by atoms with Crippen LogP contribution < -0.4 is 10.0 Å². The van der Waals surface area contributed by atoms with E-state index in [1.807, 2.05) is 12.1 Å². The largest absolute Gasteiger partial charge is 0.468 e. The molecular weight excluding hydrogens is 450 g/mol. The average Bonchev–Trinajstić information content (AvgIpc) is 3.50. The number of hydrogen-bond acceptors (Lipinski definition) is 5. The number of carbonyl (C=O) groups is 1. The van der Waals surface area contributed by atoms with E-state index in [1.54, 1.807) is 30.5 Å². The molecule has 3 aromatic rings. The van der Waals surface area contributed by atoms with Crippen molar-refractivity contribution in [3.63, 3.8) is 0 Å². The Morgan fingerprint density at radius 3 is 2.41 bits per heavy atom. The minimum Gasteiger partial charge on any atom is -0.468 e. The van der Waals surface area contributed by atoms with Crippen LogP contribution in [0.1, 0.15) is 35.0 Å². The Hall–Kier alpha value is -2.81. The van der Waals surface area contributed by atoms with Crippen LogP contribution in [-0.4, -0.2) is 38.9 Å². The van der Waals surface area contributed by atoms with Crippen molar-refractivity contribution in [2.45, 2.75) is 23.8 Å². The highest BCUT2D eigenvalue weighted by molar-refractivity contribution is 7.92. The molecule has 32 heavy (non-hydrogen) atoms. The van der Waals surface area contributed by atoms with Gasteiger partial charge in [0.1, 0.15) is 5.76 Å². The fraction of sp³-hybridized carbons (Fsp3) is 0.261. The van der Waals surface area contributed by atoms with E-state index in [0.29, 0.717) is 22.8 Å². The lowest BCUT2D eigenvalue weighted by Gasteiger charge is -2.26. The first-order valence-corrected chi connectivity index (χ1v) is 12.2. The predicted molar refractivity (Wildman–Crippen MR) is 123 cm³/mol. The highest BCUT2D eigenvalue weighted by atomic mass is 35.5. The molecule has 1 saturated heterocycles. The molecule has 4 rings (SSSR count). The van der Waals surface area contributed by atoms with E-state index in [4.69, 9.17) is 16.0 Å². The van der Waals surface area contributed by atoms with Crippen LogP contribution in [0.5, 0.6) is 0 Å². The summed E-state index contributed by atoms with van der Waals surface area (Å²) >= 11 is 6.04. The van der Waals surface area contributed by atoms with Gasteiger partial charge < -0.3 is 9.73 Å². The van der Waals surface area contributed by atoms with Crippen LogP contribution in [0.4, 0.5) is 5.69 Å². The number of para-hydroxylation sites is 1. The van der Waals surface area contributed by atoms with E-state index in [9.17, 15) is 13.2 Å². The first-order chi connectivity index (χ1) is 15.4. The van der Waals surface area contributed by atoms with Gasteiger partial charge in [0, 0.05) is 12.1 Å². The Kier molecular flexibility index (Phi) is 6.83. The summed E-state index contributed by atoms with van der Waals surface area (Å²) in [7, 11) is -3.83. The Morgan fingerprint density at radius 2 is 1.75 bits per heavy atom. The van der Waals surface area contributed by atoms with Gasteiger partial charge in [-0.25, -0.2) is 8.42 Å². The fourth-order valence-electron chi connectivity index (χ4n) is 3.77. The summed E-state index contributed by atoms with van der Waals surface area (Å²) in [6, 6.07) is 16.1. The standard InChI is InChI=1S/C23H24ClN3O4S/c24-19-6-1-2-7-20(19)26-32(29,30)18-11-9-17(10-12-18)23(28)25-16-21(22-8-5-15-31-22)27-13-3-4-14-27/h1-2,5-12,15,21,26H,3-4,13-14,16H2,(H,25,28)/t21-/m1/s1. The quantitative estimate of drug-likeness (QED) is 0.509. The van der Waals surface area contributed by atoms with Crippen LogP contribution in [0.25, 0.3) is 0 Å². The van der Waals surface area contributed by atoms with Crippen LogP contribution in [0.3, 0.4) is 0 Å². The van der Waals surface area contributed by atoms with E-state index in [1.165, 1.54) is 24.3 Å². The zero-order chi connectivity index (χ0) is 22.6. The maximum Gasteiger partial charge on any atom is 0.261 e. The molecule has 1 amide bonds. The molecule has 9 heteroatoms. The zero-order valence-electron chi connectivity index (χ0n) is 17.3. The van der Waals surface area contributed by atoms with Crippen molar-refractivity contribution in [3.05, 3.63) is 83.3 Å². The normalized spacial score (nSPS) is 15.4. The molecule has 0 radical (unpaired) electrons. The van der Waals surface area contributed by atoms with Crippen molar-refractivity contribution in [1.29, 1.82) is 0 Å². The number of likely N-dealkylation sites (tertiary alicyclic amines) is 1. The summed E-state index contributed by atoms with van der Waals surface area (Å²) in [5, 5.41) is 3.25. The van der Waals surface area contributed by atoms with Crippen molar-refractivity contribution < 1.29 is 17.6 Å². The Labute approximate surface area is 192 Å². The number of sulfonamides is 1. The zero-order valence-corrected chi connectivity index (χ0v) is 18.9. The number of amides is 1. The van der Waals surface area contributed by atoms with Gasteiger partial charge in [0.15, 0.2) is 0 Å². The lowest BCUT2D eigenvalue weighted by Crippen LogP contribution is -2.36. The second-order valence-corrected chi connectivity index (χ2v) is 9.68. The Balaban J connectivity index is 1.42. The van der Waals surface area contributed by atoms with E-state index in [-0.39, 0.29) is 16.8 Å². The van der Waals surface area contributed by atoms with Crippen LogP contribution in [0.2, 0.25) is 5.02 Å². The number of carbonyl (C=O) groups excluding carboxylic acids is 1. The SMILES string of the molecule is O=C(NC[C@H](c1ccco1)N1CCCC1)c1ccc(S(=O)(=O)Nc2ccccc2Cl)cc1. The molecule has 7 nitrogen and oxygen atoms in total. The molecule has 0 unspecified atom stereocenters. The maximum atomic E-state index is 12.7. The summed E-state index contributed by atoms with van der Waals surface area (Å²) < 4.78 is 33.3. The van der Waals surface area contributed by atoms with Crippen LogP contribution in [0, 0.1) is 0 Å². The second-order valence-electron chi connectivity index (χ2n) is 7.59. The molecule has 1 aliphatic heterocycles. The third-order valence-electron chi connectivity index (χ3n) is 5.45. The molecule has 168 valence electrons. The molecule has 2 N–H and O–H groups in total. The molecule has 2 heterocycles. The van der Waals surface area contributed by atoms with E-state index in [2.05, 4.69) is 14.9 Å². The van der Waals surface area contributed by atoms with Crippen molar-refractivity contribution in [1.82, 2.24) is 10.2 Å². The van der Waals surface area contributed by atoms with Crippen molar-refractivity contribution in [2.75, 3.05) is 24.4 Å². The van der Waals surface area contributed by atoms with Crippen molar-refractivity contribution in [2.24, 2.45) is 0 Å². The van der Waals surface area contributed by atoms with Gasteiger partial charge in [0.05, 0.1) is 27.9 Å². The minimum atomic E-state index is -3.83. The minimum absolute atomic E-state index is 0.0316. The summed E-state index contributed by atoms with van der Waals surface area (Å²) in [6.07, 6.45) is 3.89. The van der Waals surface area contributed by atoms with Gasteiger partial charge >= 0.3 is 0 Å². The molecule has 2 aromatic carbocycles. The summed E-state index contributed by atoms with van der Waals surface area (Å²) in [5.41, 5.74) is 0.670. The predicted octanol–water partition coefficient (Wildman–Crippen LogP) is 4.30. The first kappa shape index (κ1) is 22.4. The number of nitrogens with zero attached hydrogens (tertiary/aromatic N) is 1.